The van der Waals surface area contributed by atoms with Crippen molar-refractivity contribution in [2.24, 2.45) is 0 Å². The van der Waals surface area contributed by atoms with Gasteiger partial charge in [-0.05, 0) is 42.9 Å². The number of nitrogens with one attached hydrogen (secondary N) is 1. The molecule has 7 heteroatoms. The van der Waals surface area contributed by atoms with Crippen molar-refractivity contribution in [1.29, 1.82) is 5.41 Å². The first-order valence-corrected chi connectivity index (χ1v) is 11.4. The van der Waals surface area contributed by atoms with Gasteiger partial charge in [0, 0.05) is 47.2 Å². The van der Waals surface area contributed by atoms with Gasteiger partial charge in [0.15, 0.2) is 5.78 Å². The van der Waals surface area contributed by atoms with Crippen LogP contribution in [-0.2, 0) is 22.1 Å². The molecule has 0 spiro atoms. The molecule has 34 heavy (non-hydrogen) atoms. The lowest BCUT2D eigenvalue weighted by Gasteiger charge is -2.28. The number of pyridine rings is 1. The van der Waals surface area contributed by atoms with Gasteiger partial charge >= 0.3 is 0 Å². The summed E-state index contributed by atoms with van der Waals surface area (Å²) in [5, 5.41) is 19.6. The molecule has 0 fully saturated rings. The van der Waals surface area contributed by atoms with Gasteiger partial charge in [-0.2, -0.15) is 0 Å². The molecule has 1 aliphatic rings. The van der Waals surface area contributed by atoms with Gasteiger partial charge in [0.1, 0.15) is 17.3 Å². The summed E-state index contributed by atoms with van der Waals surface area (Å²) in [5.74, 6) is 0.446. The minimum absolute atomic E-state index is 0. The first-order valence-electron chi connectivity index (χ1n) is 11.4. The van der Waals surface area contributed by atoms with E-state index in [9.17, 15) is 9.90 Å². The quantitative estimate of drug-likeness (QED) is 0.462. The van der Waals surface area contributed by atoms with Gasteiger partial charge in [-0.1, -0.05) is 41.5 Å². The zero-order chi connectivity index (χ0) is 24.9. The zero-order valence-corrected chi connectivity index (χ0v) is 23.5. The molecule has 1 aromatic heterocycles. The maximum Gasteiger partial charge on any atom is 0.182 e. The highest BCUT2D eigenvalue weighted by Gasteiger charge is 2.31. The molecule has 0 bridgehead atoms. The van der Waals surface area contributed by atoms with Crippen LogP contribution in [0.1, 0.15) is 98.6 Å². The summed E-state index contributed by atoms with van der Waals surface area (Å²) in [7, 11) is 1.67. The van der Waals surface area contributed by atoms with E-state index in [4.69, 9.17) is 10.1 Å². The van der Waals surface area contributed by atoms with Gasteiger partial charge in [-0.3, -0.25) is 10.2 Å². The number of aromatic hydroxyl groups is 1. The summed E-state index contributed by atoms with van der Waals surface area (Å²) in [6, 6.07) is 5.65. The Kier molecular flexibility index (Phi) is 8.05. The lowest BCUT2D eigenvalue weighted by Crippen LogP contribution is -2.31. The second kappa shape index (κ2) is 9.78. The Morgan fingerprint density at radius 3 is 2.15 bits per heavy atom. The van der Waals surface area contributed by atoms with Crippen LogP contribution in [0.15, 0.2) is 18.2 Å². The lowest BCUT2D eigenvalue weighted by atomic mass is 9.78. The molecule has 186 valence electrons. The van der Waals surface area contributed by atoms with Gasteiger partial charge in [0.05, 0.1) is 12.6 Å². The van der Waals surface area contributed by atoms with Gasteiger partial charge in [0.25, 0.3) is 0 Å². The Labute approximate surface area is 214 Å². The number of carbonyl (C=O) groups excluding carboxylic acids is 1. The average Bonchev–Trinajstić information content (AvgIpc) is 2.99. The molecule has 6 nitrogen and oxygen atoms in total. The summed E-state index contributed by atoms with van der Waals surface area (Å²) in [4.78, 5) is 19.8. The van der Waals surface area contributed by atoms with E-state index in [1.807, 2.05) is 61.5 Å². The number of carbonyl (C=O) groups is 1. The predicted molar refractivity (Wildman–Crippen MR) is 142 cm³/mol. The summed E-state index contributed by atoms with van der Waals surface area (Å²) in [5.41, 5.74) is 4.85. The van der Waals surface area contributed by atoms with E-state index in [2.05, 4.69) is 4.98 Å². The predicted octanol–water partition coefficient (Wildman–Crippen LogP) is 6.00. The molecule has 0 saturated carbocycles. The highest BCUT2D eigenvalue weighted by molar-refractivity contribution is 8.93. The number of nitrogens with zero attached hydrogens (tertiary/aromatic N) is 2. The van der Waals surface area contributed by atoms with Gasteiger partial charge < -0.3 is 14.7 Å². The van der Waals surface area contributed by atoms with E-state index in [-0.39, 0.29) is 57.8 Å². The third-order valence-corrected chi connectivity index (χ3v) is 6.41. The Bertz CT molecular complexity index is 1080. The molecule has 3 rings (SSSR count). The van der Waals surface area contributed by atoms with Gasteiger partial charge in [0.2, 0.25) is 0 Å². The molecule has 1 atom stereocenters. The van der Waals surface area contributed by atoms with Crippen molar-refractivity contribution >= 4 is 28.6 Å². The fraction of sp³-hybridized carbons (Fsp3) is 0.519. The van der Waals surface area contributed by atoms with Crippen LogP contribution >= 0.6 is 17.0 Å². The number of Topliss-reactive ketones (excluding diaryl/α,β-unsaturated/α-hetero) is 1. The van der Waals surface area contributed by atoms with Crippen LogP contribution in [0.2, 0.25) is 0 Å². The van der Waals surface area contributed by atoms with Crippen molar-refractivity contribution in [2.75, 3.05) is 13.7 Å². The number of ketones is 1. The number of amidine groups is 1. The number of methoxy groups -OCH3 is 1. The number of fused-ring (bicyclic) bond motifs is 1. The highest BCUT2D eigenvalue weighted by Crippen LogP contribution is 2.40. The third kappa shape index (κ3) is 5.36. The molecule has 1 aromatic carbocycles. The molecule has 1 aliphatic heterocycles. The fourth-order valence-corrected chi connectivity index (χ4v) is 4.30. The van der Waals surface area contributed by atoms with Crippen LogP contribution in [0.3, 0.4) is 0 Å². The largest absolute Gasteiger partial charge is 0.507 e. The molecular weight excluding hydrogens is 494 g/mol. The van der Waals surface area contributed by atoms with Crippen LogP contribution in [0.4, 0.5) is 0 Å². The SMILES string of the molecule is Br.COC(C)c1cc2c(nc1C)C(=N)N(CC(=O)c1cc(C(C)(C)C)c(O)c(C(C)(C)C)c1)C2. The Morgan fingerprint density at radius 2 is 1.68 bits per heavy atom. The van der Waals surface area contributed by atoms with Crippen molar-refractivity contribution in [2.45, 2.75) is 78.9 Å². The number of halogens is 1. The molecule has 2 N–H and O–H groups in total. The number of hydrogen-bond acceptors (Lipinski definition) is 5. The average molecular weight is 533 g/mol. The van der Waals surface area contributed by atoms with Crippen molar-refractivity contribution in [3.8, 4) is 5.75 Å². The summed E-state index contributed by atoms with van der Waals surface area (Å²) in [6.45, 7) is 16.6. The number of hydrogen-bond donors (Lipinski definition) is 2. The number of phenolic OH excluding ortho intramolecular Hbond substituents is 1. The highest BCUT2D eigenvalue weighted by atomic mass is 79.9. The standard InChI is InChI=1S/C27H37N3O3.BrH/c1-15-19(16(2)33-9)10-18-13-30(25(28)23(18)29-15)14-22(31)17-11-20(26(3,4)5)24(32)21(12-17)27(6,7)8;/h10-12,16,28,32H,13-14H2,1-9H3;1H. The summed E-state index contributed by atoms with van der Waals surface area (Å²) >= 11 is 0. The topological polar surface area (TPSA) is 86.5 Å². The molecule has 0 radical (unpaired) electrons. The normalized spacial score (nSPS) is 14.6. The Morgan fingerprint density at radius 1 is 1.15 bits per heavy atom. The van der Waals surface area contributed by atoms with Gasteiger partial charge in [-0.25, -0.2) is 4.98 Å². The second-order valence-corrected chi connectivity index (χ2v) is 11.1. The van der Waals surface area contributed by atoms with Crippen LogP contribution in [0, 0.1) is 12.3 Å². The van der Waals surface area contributed by atoms with Crippen molar-refractivity contribution in [3.05, 3.63) is 57.4 Å². The van der Waals surface area contributed by atoms with E-state index in [1.165, 1.54) is 0 Å². The van der Waals surface area contributed by atoms with Crippen molar-refractivity contribution in [3.63, 3.8) is 0 Å². The second-order valence-electron chi connectivity index (χ2n) is 11.1. The first-order chi connectivity index (χ1) is 15.1. The van der Waals surface area contributed by atoms with Crippen LogP contribution in [-0.4, -0.2) is 40.3 Å². The lowest BCUT2D eigenvalue weighted by molar-refractivity contribution is 0.0962. The zero-order valence-electron chi connectivity index (χ0n) is 21.8. The summed E-state index contributed by atoms with van der Waals surface area (Å²) in [6.07, 6.45) is -0.0868. The third-order valence-electron chi connectivity index (χ3n) is 6.41. The van der Waals surface area contributed by atoms with E-state index in [0.717, 1.165) is 27.9 Å². The van der Waals surface area contributed by atoms with Crippen LogP contribution in [0.5, 0.6) is 5.75 Å². The maximum absolute atomic E-state index is 13.4. The van der Waals surface area contributed by atoms with E-state index >= 15 is 0 Å². The van der Waals surface area contributed by atoms with Crippen LogP contribution < -0.4 is 0 Å². The molecule has 1 unspecified atom stereocenters. The molecule has 2 aromatic rings. The Balaban J connectivity index is 0.00000408. The molecular formula is C27H38BrN3O3. The van der Waals surface area contributed by atoms with Crippen LogP contribution in [0.25, 0.3) is 0 Å². The number of benzene rings is 1. The molecule has 0 aliphatic carbocycles. The van der Waals surface area contributed by atoms with E-state index < -0.39 is 0 Å². The fourth-order valence-electron chi connectivity index (χ4n) is 4.30. The number of phenols is 1. The Hall–Kier alpha value is -2.25. The monoisotopic (exact) mass is 531 g/mol. The number of aromatic nitrogens is 1. The van der Waals surface area contributed by atoms with Crippen molar-refractivity contribution < 1.29 is 14.6 Å². The minimum Gasteiger partial charge on any atom is -0.507 e. The minimum atomic E-state index is -0.313. The maximum atomic E-state index is 13.4. The van der Waals surface area contributed by atoms with E-state index in [1.54, 1.807) is 24.1 Å². The molecule has 0 saturated heterocycles. The smallest absolute Gasteiger partial charge is 0.182 e. The van der Waals surface area contributed by atoms with E-state index in [0.29, 0.717) is 17.8 Å². The number of rotatable bonds is 5. The number of aryl methyl sites for hydroxylation is 1. The van der Waals surface area contributed by atoms with Gasteiger partial charge in [-0.15, -0.1) is 17.0 Å². The number of ether oxygens (including phenoxy) is 1. The summed E-state index contributed by atoms with van der Waals surface area (Å²) < 4.78 is 5.46. The molecule has 0 amide bonds. The van der Waals surface area contributed by atoms with Crippen molar-refractivity contribution in [1.82, 2.24) is 9.88 Å². The first kappa shape index (κ1) is 28.0. The molecule has 2 heterocycles.